The van der Waals surface area contributed by atoms with E-state index in [-0.39, 0.29) is 5.91 Å². The van der Waals surface area contributed by atoms with Gasteiger partial charge in [0.2, 0.25) is 0 Å². The molecule has 1 unspecified atom stereocenters. The molecule has 0 spiro atoms. The molecule has 2 heterocycles. The first-order valence-electron chi connectivity index (χ1n) is 10.8. The van der Waals surface area contributed by atoms with E-state index in [4.69, 9.17) is 0 Å². The van der Waals surface area contributed by atoms with Gasteiger partial charge in [0.1, 0.15) is 0 Å². The number of benzene rings is 2. The zero-order valence-corrected chi connectivity index (χ0v) is 18.5. The first-order chi connectivity index (χ1) is 14.1. The van der Waals surface area contributed by atoms with Crippen LogP contribution < -0.4 is 10.2 Å². The molecule has 1 N–H and O–H groups in total. The molecule has 2 aromatic carbocycles. The zero-order chi connectivity index (χ0) is 20.4. The molecule has 1 atom stereocenters. The fourth-order valence-corrected chi connectivity index (χ4v) is 5.34. The third-order valence-electron chi connectivity index (χ3n) is 5.72. The quantitative estimate of drug-likeness (QED) is 0.683. The van der Waals surface area contributed by atoms with Crippen LogP contribution >= 0.6 is 11.8 Å². The number of para-hydroxylation sites is 1. The van der Waals surface area contributed by atoms with Gasteiger partial charge in [-0.05, 0) is 55.5 Å². The summed E-state index contributed by atoms with van der Waals surface area (Å²) < 4.78 is 0. The molecule has 154 valence electrons. The van der Waals surface area contributed by atoms with Gasteiger partial charge in [-0.3, -0.25) is 9.69 Å². The summed E-state index contributed by atoms with van der Waals surface area (Å²) in [5.74, 6) is 0.453. The first-order valence-corrected chi connectivity index (χ1v) is 11.6. The van der Waals surface area contributed by atoms with E-state index in [1.165, 1.54) is 28.3 Å². The average molecular weight is 410 g/mol. The molecule has 0 bridgehead atoms. The van der Waals surface area contributed by atoms with Crippen LogP contribution in [0, 0.1) is 5.92 Å². The van der Waals surface area contributed by atoms with Gasteiger partial charge >= 0.3 is 0 Å². The molecular weight excluding hydrogens is 378 g/mol. The minimum Gasteiger partial charge on any atom is -0.352 e. The van der Waals surface area contributed by atoms with Crippen LogP contribution in [-0.4, -0.2) is 36.6 Å². The predicted molar refractivity (Wildman–Crippen MR) is 121 cm³/mol. The van der Waals surface area contributed by atoms with Crippen LogP contribution in [0.3, 0.4) is 0 Å². The third kappa shape index (κ3) is 4.17. The smallest absolute Gasteiger partial charge is 0.251 e. The van der Waals surface area contributed by atoms with Crippen molar-refractivity contribution < 1.29 is 4.79 Å². The van der Waals surface area contributed by atoms with Crippen molar-refractivity contribution in [2.24, 2.45) is 5.92 Å². The number of likely N-dealkylation sites (tertiary alicyclic amines) is 1. The molecule has 1 saturated heterocycles. The molecule has 4 rings (SSSR count). The van der Waals surface area contributed by atoms with Crippen molar-refractivity contribution in [3.05, 3.63) is 48.0 Å². The summed E-state index contributed by atoms with van der Waals surface area (Å²) in [5, 5.41) is 3.06. The number of anilines is 2. The average Bonchev–Trinajstić information content (AvgIpc) is 3.26. The fraction of sp³-hybridized carbons (Fsp3) is 0.458. The van der Waals surface area contributed by atoms with Crippen molar-refractivity contribution in [1.82, 2.24) is 10.2 Å². The predicted octanol–water partition coefficient (Wildman–Crippen LogP) is 5.51. The highest BCUT2D eigenvalue weighted by molar-refractivity contribution is 7.99. The lowest BCUT2D eigenvalue weighted by atomic mass is 10.1. The van der Waals surface area contributed by atoms with E-state index in [2.05, 4.69) is 72.3 Å². The SMILES string of the molecule is CCC(N1CCCC1)N1c2ccccc2Sc2ccc(C(=O)NCC(C)C)cc21. The largest absolute Gasteiger partial charge is 0.352 e. The van der Waals surface area contributed by atoms with Gasteiger partial charge in [0, 0.05) is 35.0 Å². The summed E-state index contributed by atoms with van der Waals surface area (Å²) in [6.07, 6.45) is 3.89. The van der Waals surface area contributed by atoms with Gasteiger partial charge in [0.15, 0.2) is 0 Å². The Morgan fingerprint density at radius 3 is 2.52 bits per heavy atom. The molecule has 5 heteroatoms. The minimum atomic E-state index is 0.0135. The molecule has 0 radical (unpaired) electrons. The molecule has 0 saturated carbocycles. The first kappa shape index (κ1) is 20.3. The molecule has 1 amide bonds. The van der Waals surface area contributed by atoms with Crippen LogP contribution in [0.15, 0.2) is 52.3 Å². The molecule has 1 fully saturated rings. The Morgan fingerprint density at radius 1 is 1.07 bits per heavy atom. The van der Waals surface area contributed by atoms with E-state index in [0.29, 0.717) is 18.6 Å². The molecule has 0 aromatic heterocycles. The molecule has 29 heavy (non-hydrogen) atoms. The minimum absolute atomic E-state index is 0.0135. The van der Waals surface area contributed by atoms with E-state index in [1.807, 2.05) is 6.07 Å². The van der Waals surface area contributed by atoms with Gasteiger partial charge < -0.3 is 10.2 Å². The van der Waals surface area contributed by atoms with Crippen molar-refractivity contribution in [3.8, 4) is 0 Å². The summed E-state index contributed by atoms with van der Waals surface area (Å²) in [6.45, 7) is 9.49. The number of amides is 1. The summed E-state index contributed by atoms with van der Waals surface area (Å²) in [7, 11) is 0. The van der Waals surface area contributed by atoms with E-state index in [9.17, 15) is 4.79 Å². The number of nitrogens with zero attached hydrogens (tertiary/aromatic N) is 2. The van der Waals surface area contributed by atoms with Gasteiger partial charge in [0.25, 0.3) is 5.91 Å². The van der Waals surface area contributed by atoms with Gasteiger partial charge in [-0.2, -0.15) is 0 Å². The lowest BCUT2D eigenvalue weighted by Gasteiger charge is -2.42. The maximum Gasteiger partial charge on any atom is 0.251 e. The second-order valence-electron chi connectivity index (χ2n) is 8.36. The topological polar surface area (TPSA) is 35.6 Å². The number of hydrogen-bond acceptors (Lipinski definition) is 4. The lowest BCUT2D eigenvalue weighted by molar-refractivity contribution is 0.0949. The maximum atomic E-state index is 12.7. The third-order valence-corrected chi connectivity index (χ3v) is 6.85. The lowest BCUT2D eigenvalue weighted by Crippen LogP contribution is -2.45. The Bertz CT molecular complexity index is 876. The summed E-state index contributed by atoms with van der Waals surface area (Å²) in [5.41, 5.74) is 3.15. The van der Waals surface area contributed by atoms with Crippen LogP contribution in [0.1, 0.15) is 50.4 Å². The summed E-state index contributed by atoms with van der Waals surface area (Å²) >= 11 is 1.80. The van der Waals surface area contributed by atoms with Crippen molar-refractivity contribution in [2.75, 3.05) is 24.5 Å². The monoisotopic (exact) mass is 409 g/mol. The summed E-state index contributed by atoms with van der Waals surface area (Å²) in [4.78, 5) is 20.3. The highest BCUT2D eigenvalue weighted by Gasteiger charge is 2.33. The number of carbonyl (C=O) groups excluding carboxylic acids is 1. The van der Waals surface area contributed by atoms with Gasteiger partial charge in [0.05, 0.1) is 17.5 Å². The zero-order valence-electron chi connectivity index (χ0n) is 17.6. The Labute approximate surface area is 178 Å². The Balaban J connectivity index is 1.74. The number of rotatable bonds is 6. The normalized spacial score (nSPS) is 17.2. The van der Waals surface area contributed by atoms with Crippen LogP contribution in [-0.2, 0) is 0 Å². The highest BCUT2D eigenvalue weighted by atomic mass is 32.2. The van der Waals surface area contributed by atoms with Crippen LogP contribution in [0.2, 0.25) is 0 Å². The van der Waals surface area contributed by atoms with Gasteiger partial charge in [-0.15, -0.1) is 0 Å². The van der Waals surface area contributed by atoms with Crippen molar-refractivity contribution in [3.63, 3.8) is 0 Å². The molecule has 4 nitrogen and oxygen atoms in total. The Kier molecular flexibility index (Phi) is 6.16. The van der Waals surface area contributed by atoms with Gasteiger partial charge in [-0.1, -0.05) is 44.7 Å². The van der Waals surface area contributed by atoms with E-state index < -0.39 is 0 Å². The van der Waals surface area contributed by atoms with E-state index >= 15 is 0 Å². The number of carbonyl (C=O) groups is 1. The van der Waals surface area contributed by atoms with Crippen LogP contribution in [0.4, 0.5) is 11.4 Å². The number of nitrogens with one attached hydrogen (secondary N) is 1. The molecule has 0 aliphatic carbocycles. The second-order valence-corrected chi connectivity index (χ2v) is 9.44. The number of fused-ring (bicyclic) bond motifs is 2. The Morgan fingerprint density at radius 2 is 1.79 bits per heavy atom. The molecule has 2 aliphatic heterocycles. The standard InChI is InChI=1S/C24H31N3OS/c1-4-23(26-13-7-8-14-26)27-19-9-5-6-10-21(19)29-22-12-11-18(15-20(22)27)24(28)25-16-17(2)3/h5-6,9-12,15,17,23H,4,7-8,13-14,16H2,1-3H3,(H,25,28). The fourth-order valence-electron chi connectivity index (χ4n) is 4.29. The van der Waals surface area contributed by atoms with Crippen LogP contribution in [0.5, 0.6) is 0 Å². The Hall–Kier alpha value is -1.98. The van der Waals surface area contributed by atoms with E-state index in [1.54, 1.807) is 11.8 Å². The van der Waals surface area contributed by atoms with Crippen molar-refractivity contribution in [1.29, 1.82) is 0 Å². The molecule has 2 aromatic rings. The maximum absolute atomic E-state index is 12.7. The van der Waals surface area contributed by atoms with E-state index in [0.717, 1.165) is 30.8 Å². The van der Waals surface area contributed by atoms with Crippen molar-refractivity contribution >= 4 is 29.0 Å². The molecule has 2 aliphatic rings. The summed E-state index contributed by atoms with van der Waals surface area (Å²) in [6, 6.07) is 14.8. The second kappa shape index (κ2) is 8.80. The van der Waals surface area contributed by atoms with Gasteiger partial charge in [-0.25, -0.2) is 0 Å². The number of hydrogen-bond donors (Lipinski definition) is 1. The molecular formula is C24H31N3OS. The van der Waals surface area contributed by atoms with Crippen molar-refractivity contribution in [2.45, 2.75) is 56.0 Å². The highest BCUT2D eigenvalue weighted by Crippen LogP contribution is 2.50. The van der Waals surface area contributed by atoms with Crippen LogP contribution in [0.25, 0.3) is 0 Å².